The molecule has 5 unspecified atom stereocenters. The summed E-state index contributed by atoms with van der Waals surface area (Å²) in [7, 11) is 0. The molecule has 0 aromatic heterocycles. The first-order chi connectivity index (χ1) is 8.04. The highest BCUT2D eigenvalue weighted by Crippen LogP contribution is 2.32. The summed E-state index contributed by atoms with van der Waals surface area (Å²) in [4.78, 5) is 0. The standard InChI is InChI=1S/C16H31N/c1-11-5-6-16(14(4)8-11)17-15-9-12(2)7-13(3)10-15/h11-17H,5-10H2,1-4H3. The van der Waals surface area contributed by atoms with Crippen molar-refractivity contribution in [1.82, 2.24) is 5.32 Å². The summed E-state index contributed by atoms with van der Waals surface area (Å²) in [5, 5.41) is 3.99. The monoisotopic (exact) mass is 237 g/mol. The Hall–Kier alpha value is -0.0400. The van der Waals surface area contributed by atoms with Gasteiger partial charge in [0.1, 0.15) is 0 Å². The molecule has 1 heteroatoms. The molecule has 1 N–H and O–H groups in total. The third-order valence-electron chi connectivity index (χ3n) is 5.06. The molecular weight excluding hydrogens is 206 g/mol. The molecule has 100 valence electrons. The van der Waals surface area contributed by atoms with Crippen LogP contribution < -0.4 is 5.32 Å². The van der Waals surface area contributed by atoms with Crippen molar-refractivity contribution in [3.05, 3.63) is 0 Å². The largest absolute Gasteiger partial charge is 0.311 e. The van der Waals surface area contributed by atoms with E-state index in [1.165, 1.54) is 38.5 Å². The van der Waals surface area contributed by atoms with Gasteiger partial charge in [-0.15, -0.1) is 0 Å². The molecule has 2 rings (SSSR count). The van der Waals surface area contributed by atoms with Gasteiger partial charge in [0.25, 0.3) is 0 Å². The van der Waals surface area contributed by atoms with Crippen molar-refractivity contribution in [2.75, 3.05) is 0 Å². The lowest BCUT2D eigenvalue weighted by molar-refractivity contribution is 0.169. The van der Waals surface area contributed by atoms with Crippen LogP contribution in [0, 0.1) is 23.7 Å². The zero-order chi connectivity index (χ0) is 12.4. The molecule has 2 saturated carbocycles. The van der Waals surface area contributed by atoms with Crippen LogP contribution in [0.3, 0.4) is 0 Å². The van der Waals surface area contributed by atoms with Crippen LogP contribution in [-0.4, -0.2) is 12.1 Å². The van der Waals surface area contributed by atoms with E-state index < -0.39 is 0 Å². The van der Waals surface area contributed by atoms with Crippen LogP contribution >= 0.6 is 0 Å². The average Bonchev–Trinajstić information content (AvgIpc) is 2.21. The van der Waals surface area contributed by atoms with E-state index in [9.17, 15) is 0 Å². The molecule has 17 heavy (non-hydrogen) atoms. The molecule has 0 amide bonds. The molecule has 1 nitrogen and oxygen atoms in total. The fourth-order valence-corrected chi connectivity index (χ4v) is 4.30. The molecular formula is C16H31N. The van der Waals surface area contributed by atoms with Gasteiger partial charge in [-0.1, -0.05) is 27.7 Å². The third-order valence-corrected chi connectivity index (χ3v) is 5.06. The predicted octanol–water partition coefficient (Wildman–Crippen LogP) is 4.23. The Morgan fingerprint density at radius 3 is 1.94 bits per heavy atom. The van der Waals surface area contributed by atoms with Gasteiger partial charge < -0.3 is 5.32 Å². The number of nitrogens with one attached hydrogen (secondary N) is 1. The minimum Gasteiger partial charge on any atom is -0.311 e. The fourth-order valence-electron chi connectivity index (χ4n) is 4.30. The quantitative estimate of drug-likeness (QED) is 0.758. The summed E-state index contributed by atoms with van der Waals surface area (Å²) in [6.45, 7) is 9.72. The van der Waals surface area contributed by atoms with Crippen LogP contribution in [0.15, 0.2) is 0 Å². The molecule has 0 bridgehead atoms. The Morgan fingerprint density at radius 2 is 1.35 bits per heavy atom. The topological polar surface area (TPSA) is 12.0 Å². The second kappa shape index (κ2) is 5.73. The van der Waals surface area contributed by atoms with E-state index in [0.29, 0.717) is 0 Å². The van der Waals surface area contributed by atoms with Gasteiger partial charge in [-0.05, 0) is 62.2 Å². The highest BCUT2D eigenvalue weighted by Gasteiger charge is 2.30. The van der Waals surface area contributed by atoms with Crippen LogP contribution in [0.2, 0.25) is 0 Å². The summed E-state index contributed by atoms with van der Waals surface area (Å²) in [5.41, 5.74) is 0. The predicted molar refractivity (Wildman–Crippen MR) is 75.1 cm³/mol. The summed E-state index contributed by atoms with van der Waals surface area (Å²) in [6.07, 6.45) is 8.51. The Balaban J connectivity index is 1.83. The molecule has 2 fully saturated rings. The lowest BCUT2D eigenvalue weighted by atomic mass is 9.77. The van der Waals surface area contributed by atoms with E-state index in [-0.39, 0.29) is 0 Å². The number of rotatable bonds is 2. The van der Waals surface area contributed by atoms with Crippen molar-refractivity contribution in [3.8, 4) is 0 Å². The fraction of sp³-hybridized carbons (Fsp3) is 1.00. The molecule has 0 saturated heterocycles. The Morgan fingerprint density at radius 1 is 0.706 bits per heavy atom. The van der Waals surface area contributed by atoms with Gasteiger partial charge in [0.15, 0.2) is 0 Å². The van der Waals surface area contributed by atoms with Gasteiger partial charge in [0.05, 0.1) is 0 Å². The molecule has 2 aliphatic carbocycles. The van der Waals surface area contributed by atoms with Crippen molar-refractivity contribution in [2.45, 2.75) is 78.3 Å². The second-order valence-corrected chi connectivity index (χ2v) is 7.28. The Bertz CT molecular complexity index is 228. The molecule has 0 aliphatic heterocycles. The SMILES string of the molecule is CC1CC(C)CC(NC2CCC(C)CC2C)C1. The number of hydrogen-bond acceptors (Lipinski definition) is 1. The van der Waals surface area contributed by atoms with Crippen LogP contribution in [0.25, 0.3) is 0 Å². The van der Waals surface area contributed by atoms with Crippen molar-refractivity contribution in [3.63, 3.8) is 0 Å². The molecule has 0 aromatic carbocycles. The zero-order valence-corrected chi connectivity index (χ0v) is 12.2. The minimum absolute atomic E-state index is 0.800. The first-order valence-electron chi connectivity index (χ1n) is 7.80. The van der Waals surface area contributed by atoms with E-state index in [1.807, 2.05) is 0 Å². The van der Waals surface area contributed by atoms with Gasteiger partial charge in [-0.3, -0.25) is 0 Å². The molecule has 2 aliphatic rings. The molecule has 0 spiro atoms. The van der Waals surface area contributed by atoms with Gasteiger partial charge in [-0.2, -0.15) is 0 Å². The van der Waals surface area contributed by atoms with E-state index in [0.717, 1.165) is 35.8 Å². The normalized spacial score (nSPS) is 48.0. The van der Waals surface area contributed by atoms with Gasteiger partial charge >= 0.3 is 0 Å². The Kier molecular flexibility index (Phi) is 4.52. The second-order valence-electron chi connectivity index (χ2n) is 7.28. The molecule has 0 heterocycles. The van der Waals surface area contributed by atoms with Gasteiger partial charge in [0.2, 0.25) is 0 Å². The lowest BCUT2D eigenvalue weighted by Crippen LogP contribution is -2.47. The summed E-state index contributed by atoms with van der Waals surface area (Å²) < 4.78 is 0. The van der Waals surface area contributed by atoms with Crippen molar-refractivity contribution < 1.29 is 0 Å². The molecule has 0 aromatic rings. The molecule has 0 radical (unpaired) electrons. The van der Waals surface area contributed by atoms with Crippen LogP contribution in [0.5, 0.6) is 0 Å². The third kappa shape index (κ3) is 3.71. The first-order valence-corrected chi connectivity index (χ1v) is 7.80. The Labute approximate surface area is 108 Å². The van der Waals surface area contributed by atoms with Crippen LogP contribution in [0.1, 0.15) is 66.2 Å². The van der Waals surface area contributed by atoms with Gasteiger partial charge in [0, 0.05) is 12.1 Å². The zero-order valence-electron chi connectivity index (χ0n) is 12.2. The van der Waals surface area contributed by atoms with E-state index in [1.54, 1.807) is 0 Å². The lowest BCUT2D eigenvalue weighted by Gasteiger charge is -2.39. The van der Waals surface area contributed by atoms with Crippen LogP contribution in [-0.2, 0) is 0 Å². The van der Waals surface area contributed by atoms with Crippen molar-refractivity contribution in [2.24, 2.45) is 23.7 Å². The first kappa shape index (κ1) is 13.4. The maximum absolute atomic E-state index is 3.99. The van der Waals surface area contributed by atoms with E-state index in [4.69, 9.17) is 0 Å². The van der Waals surface area contributed by atoms with Crippen LogP contribution in [0.4, 0.5) is 0 Å². The average molecular weight is 237 g/mol. The number of hydrogen-bond donors (Lipinski definition) is 1. The highest BCUT2D eigenvalue weighted by molar-refractivity contribution is 4.87. The van der Waals surface area contributed by atoms with E-state index >= 15 is 0 Å². The summed E-state index contributed by atoms with van der Waals surface area (Å²) in [6, 6.07) is 1.60. The van der Waals surface area contributed by atoms with Crippen molar-refractivity contribution in [1.29, 1.82) is 0 Å². The smallest absolute Gasteiger partial charge is 0.00954 e. The maximum Gasteiger partial charge on any atom is 0.00954 e. The highest BCUT2D eigenvalue weighted by atomic mass is 15.0. The summed E-state index contributed by atoms with van der Waals surface area (Å²) in [5.74, 6) is 3.68. The minimum atomic E-state index is 0.800. The maximum atomic E-state index is 3.99. The van der Waals surface area contributed by atoms with E-state index in [2.05, 4.69) is 33.0 Å². The summed E-state index contributed by atoms with van der Waals surface area (Å²) >= 11 is 0. The van der Waals surface area contributed by atoms with Crippen molar-refractivity contribution >= 4 is 0 Å². The molecule has 5 atom stereocenters. The van der Waals surface area contributed by atoms with Gasteiger partial charge in [-0.25, -0.2) is 0 Å².